The minimum atomic E-state index is -0.494. The molecule has 2 aliphatic heterocycles. The number of nitrogens with zero attached hydrogens (tertiary/aromatic N) is 2. The lowest BCUT2D eigenvalue weighted by Gasteiger charge is -2.51. The summed E-state index contributed by atoms with van der Waals surface area (Å²) in [4.78, 5) is 37.7. The predicted molar refractivity (Wildman–Crippen MR) is 120 cm³/mol. The van der Waals surface area contributed by atoms with E-state index in [9.17, 15) is 19.5 Å². The lowest BCUT2D eigenvalue weighted by Crippen LogP contribution is -2.66. The third kappa shape index (κ3) is 4.61. The van der Waals surface area contributed by atoms with Crippen LogP contribution in [0.15, 0.2) is 18.2 Å². The van der Waals surface area contributed by atoms with E-state index in [1.165, 1.54) is 19.2 Å². The van der Waals surface area contributed by atoms with Gasteiger partial charge in [-0.05, 0) is 19.3 Å². The van der Waals surface area contributed by atoms with E-state index in [-0.39, 0.29) is 53.0 Å². The monoisotopic (exact) mass is 486 g/mol. The number of anilines is 1. The van der Waals surface area contributed by atoms with Gasteiger partial charge in [0.1, 0.15) is 23.4 Å². The number of fused-ring (bicyclic) bond motifs is 2. The summed E-state index contributed by atoms with van der Waals surface area (Å²) in [5.41, 5.74) is 0.759. The van der Waals surface area contributed by atoms with E-state index in [0.717, 1.165) is 12.1 Å². The third-order valence-electron chi connectivity index (χ3n) is 6.64. The van der Waals surface area contributed by atoms with Crippen LogP contribution in [-0.2, 0) is 14.3 Å². The summed E-state index contributed by atoms with van der Waals surface area (Å²) in [6, 6.07) is 4.69. The number of aromatic amines is 1. The molecule has 186 valence electrons. The number of amides is 2. The fourth-order valence-electron chi connectivity index (χ4n) is 4.63. The molecule has 0 radical (unpaired) electrons. The van der Waals surface area contributed by atoms with Gasteiger partial charge < -0.3 is 29.4 Å². The van der Waals surface area contributed by atoms with E-state index < -0.39 is 12.5 Å². The van der Waals surface area contributed by atoms with Crippen molar-refractivity contribution < 1.29 is 38.4 Å². The van der Waals surface area contributed by atoms with Gasteiger partial charge in [0.25, 0.3) is 5.91 Å². The number of aromatic nitrogens is 2. The van der Waals surface area contributed by atoms with E-state index in [1.807, 2.05) is 0 Å². The van der Waals surface area contributed by atoms with Crippen LogP contribution < -0.4 is 14.8 Å². The Morgan fingerprint density at radius 1 is 1.26 bits per heavy atom. The molecule has 3 N–H and O–H groups in total. The molecule has 2 aromatic rings. The number of aldehydes is 1. The summed E-state index contributed by atoms with van der Waals surface area (Å²) in [5, 5.41) is 19.5. The summed E-state index contributed by atoms with van der Waals surface area (Å²) in [6.45, 7) is 0.750. The Labute approximate surface area is 200 Å². The zero-order valence-electron chi connectivity index (χ0n) is 19.1. The Kier molecular flexibility index (Phi) is 6.20. The first-order valence-corrected chi connectivity index (χ1v) is 11.4. The van der Waals surface area contributed by atoms with Crippen LogP contribution in [-0.4, -0.2) is 83.6 Å². The van der Waals surface area contributed by atoms with Crippen LogP contribution in [0.3, 0.4) is 0 Å². The smallest absolute Gasteiger partial charge is 0.410 e. The lowest BCUT2D eigenvalue weighted by atomic mass is 9.80. The van der Waals surface area contributed by atoms with Gasteiger partial charge in [0.2, 0.25) is 0 Å². The van der Waals surface area contributed by atoms with Gasteiger partial charge in [-0.3, -0.25) is 19.6 Å². The molecule has 2 saturated heterocycles. The van der Waals surface area contributed by atoms with Crippen molar-refractivity contribution in [2.75, 3.05) is 32.2 Å². The van der Waals surface area contributed by atoms with Crippen LogP contribution in [0.5, 0.6) is 17.2 Å². The van der Waals surface area contributed by atoms with Gasteiger partial charge in [0, 0.05) is 29.8 Å². The second-order valence-corrected chi connectivity index (χ2v) is 8.88. The number of benzene rings is 1. The van der Waals surface area contributed by atoms with Crippen LogP contribution in [0, 0.1) is 0 Å². The van der Waals surface area contributed by atoms with Crippen molar-refractivity contribution in [2.45, 2.75) is 43.4 Å². The summed E-state index contributed by atoms with van der Waals surface area (Å²) >= 11 is 0. The summed E-state index contributed by atoms with van der Waals surface area (Å²) in [5.74, 6) is -0.0154. The van der Waals surface area contributed by atoms with Crippen molar-refractivity contribution in [3.63, 3.8) is 0 Å². The molecule has 3 aliphatic rings. The zero-order valence-corrected chi connectivity index (χ0v) is 19.1. The number of nitrogens with one attached hydrogen (secondary N) is 2. The zero-order chi connectivity index (χ0) is 24.5. The highest BCUT2D eigenvalue weighted by Gasteiger charge is 2.47. The summed E-state index contributed by atoms with van der Waals surface area (Å²) in [7, 11) is 1.40. The first-order valence-electron chi connectivity index (χ1n) is 11.4. The summed E-state index contributed by atoms with van der Waals surface area (Å²) < 4.78 is 21.5. The highest BCUT2D eigenvalue weighted by Crippen LogP contribution is 2.40. The number of hydrogen-bond donors (Lipinski definition) is 3. The predicted octanol–water partition coefficient (Wildman–Crippen LogP) is 1.81. The molecule has 1 aromatic carbocycles. The van der Waals surface area contributed by atoms with E-state index in [1.54, 1.807) is 11.0 Å². The highest BCUT2D eigenvalue weighted by molar-refractivity contribution is 5.91. The van der Waals surface area contributed by atoms with Crippen LogP contribution in [0.2, 0.25) is 0 Å². The first-order chi connectivity index (χ1) is 16.9. The van der Waals surface area contributed by atoms with Crippen LogP contribution in [0.25, 0.3) is 0 Å². The molecule has 1 aliphatic carbocycles. The molecule has 2 bridgehead atoms. The molecule has 12 nitrogen and oxygen atoms in total. The van der Waals surface area contributed by atoms with Crippen molar-refractivity contribution in [1.82, 2.24) is 15.1 Å². The molecule has 3 fully saturated rings. The van der Waals surface area contributed by atoms with Crippen LogP contribution in [0.4, 0.5) is 10.6 Å². The minimum Gasteiger partial charge on any atom is -0.507 e. The maximum absolute atomic E-state index is 12.4. The lowest BCUT2D eigenvalue weighted by molar-refractivity contribution is -0.121. The van der Waals surface area contributed by atoms with Crippen molar-refractivity contribution >= 4 is 24.1 Å². The summed E-state index contributed by atoms with van der Waals surface area (Å²) in [6.07, 6.45) is 2.37. The van der Waals surface area contributed by atoms with E-state index in [2.05, 4.69) is 15.5 Å². The van der Waals surface area contributed by atoms with Crippen molar-refractivity contribution in [3.8, 4) is 17.2 Å². The second kappa shape index (κ2) is 9.45. The number of aromatic hydroxyl groups is 1. The van der Waals surface area contributed by atoms with Gasteiger partial charge in [-0.2, -0.15) is 5.10 Å². The van der Waals surface area contributed by atoms with Crippen molar-refractivity contribution in [3.05, 3.63) is 29.5 Å². The average molecular weight is 486 g/mol. The van der Waals surface area contributed by atoms with E-state index >= 15 is 0 Å². The Bertz CT molecular complexity index is 1110. The maximum Gasteiger partial charge on any atom is 0.410 e. The normalized spacial score (nSPS) is 24.5. The fourth-order valence-corrected chi connectivity index (χ4v) is 4.63. The number of carbonyl (C=O) groups is 3. The molecule has 1 aromatic heterocycles. The Morgan fingerprint density at radius 2 is 2.03 bits per heavy atom. The van der Waals surface area contributed by atoms with Crippen molar-refractivity contribution in [1.29, 1.82) is 0 Å². The van der Waals surface area contributed by atoms with Gasteiger partial charge in [0.15, 0.2) is 18.7 Å². The number of phenolic OH excluding ortho intramolecular Hbond substituents is 1. The van der Waals surface area contributed by atoms with Gasteiger partial charge in [0.05, 0.1) is 38.0 Å². The van der Waals surface area contributed by atoms with Crippen LogP contribution >= 0.6 is 0 Å². The molecule has 35 heavy (non-hydrogen) atoms. The number of rotatable bonds is 8. The maximum atomic E-state index is 12.4. The fraction of sp³-hybridized carbons (Fsp3) is 0.478. The quantitative estimate of drug-likeness (QED) is 0.474. The number of H-pyrrole nitrogens is 1. The highest BCUT2D eigenvalue weighted by atomic mass is 16.6. The third-order valence-corrected chi connectivity index (χ3v) is 6.64. The Balaban J connectivity index is 1.08. The number of morpholine rings is 1. The number of hydrogen-bond acceptors (Lipinski definition) is 9. The molecule has 1 saturated carbocycles. The minimum absolute atomic E-state index is 0.0270. The van der Waals surface area contributed by atoms with E-state index in [4.69, 9.17) is 18.9 Å². The molecule has 3 heterocycles. The van der Waals surface area contributed by atoms with Crippen LogP contribution in [0.1, 0.15) is 41.2 Å². The van der Waals surface area contributed by atoms with Gasteiger partial charge in [-0.15, -0.1) is 0 Å². The average Bonchev–Trinajstić information content (AvgIpc) is 3.27. The molecule has 0 spiro atoms. The first kappa shape index (κ1) is 23.0. The van der Waals surface area contributed by atoms with Gasteiger partial charge in [-0.1, -0.05) is 0 Å². The second-order valence-electron chi connectivity index (χ2n) is 8.88. The molecule has 2 atom stereocenters. The number of carbonyl (C=O) groups excluding carboxylic acids is 3. The molecule has 5 rings (SSSR count). The Morgan fingerprint density at radius 3 is 2.71 bits per heavy atom. The SMILES string of the molecule is COc1cc(O)c(C=O)c(OCC(=O)Nc2cc(C3CC(OC(=O)N4[C@@H]5COC[C@@H]4C5)C3)[nH]n2)c1. The van der Waals surface area contributed by atoms with Crippen molar-refractivity contribution in [2.24, 2.45) is 0 Å². The van der Waals surface area contributed by atoms with E-state index in [0.29, 0.717) is 38.2 Å². The molecular weight excluding hydrogens is 460 g/mol. The molecule has 2 amide bonds. The van der Waals surface area contributed by atoms with Gasteiger partial charge in [-0.25, -0.2) is 4.79 Å². The number of methoxy groups -OCH3 is 1. The number of phenols is 1. The standard InChI is InChI=1S/C23H26N4O8/c1-32-15-5-19(29)17(8-28)20(6-15)34-11-22(30)24-21-7-18(25-26-21)12-2-16(3-12)35-23(31)27-13-4-14(27)10-33-9-13/h5-8,12-14,16,29H,2-4,9-11H2,1H3,(H2,24,25,26,30)/t12?,13-,14-,16?/m0/s1. The largest absolute Gasteiger partial charge is 0.507 e. The molecule has 12 heteroatoms. The Hall–Kier alpha value is -3.80. The topological polar surface area (TPSA) is 152 Å². The number of ether oxygens (including phenoxy) is 4. The molecule has 0 unspecified atom stereocenters. The van der Waals surface area contributed by atoms with Gasteiger partial charge >= 0.3 is 6.09 Å². The molecular formula is C23H26N4O8.